The molecule has 0 aliphatic carbocycles. The molecule has 0 fully saturated rings. The van der Waals surface area contributed by atoms with Crippen LogP contribution in [0.4, 0.5) is 0 Å². The zero-order valence-electron chi connectivity index (χ0n) is 14.6. The van der Waals surface area contributed by atoms with Crippen molar-refractivity contribution in [2.75, 3.05) is 0 Å². The van der Waals surface area contributed by atoms with Crippen molar-refractivity contribution < 1.29 is 9.90 Å². The van der Waals surface area contributed by atoms with Gasteiger partial charge < -0.3 is 5.11 Å². The normalized spacial score (nSPS) is 11.2. The first-order chi connectivity index (χ1) is 12.6. The van der Waals surface area contributed by atoms with Crippen molar-refractivity contribution in [1.29, 1.82) is 0 Å². The van der Waals surface area contributed by atoms with Gasteiger partial charge in [-0.05, 0) is 5.92 Å². The van der Waals surface area contributed by atoms with Crippen molar-refractivity contribution in [3.05, 3.63) is 45.8 Å². The number of hydrogen-bond acceptors (Lipinski definition) is 6. The second kappa shape index (κ2) is 8.99. The molecule has 28 heavy (non-hydrogen) atoms. The molecule has 3 heterocycles. The Hall–Kier alpha value is -0.680. The first-order valence-electron chi connectivity index (χ1n) is 7.91. The van der Waals surface area contributed by atoms with Crippen molar-refractivity contribution >= 4 is 91.6 Å². The Balaban J connectivity index is 0.00000280. The Morgan fingerprint density at radius 1 is 1.21 bits per heavy atom. The zero-order chi connectivity index (χ0) is 20.0. The molecule has 3 rings (SSSR count). The number of carboxylic acid groups (broad SMARTS) is 1. The molecule has 0 aliphatic rings. The van der Waals surface area contributed by atoms with E-state index < -0.39 is 17.2 Å². The summed E-state index contributed by atoms with van der Waals surface area (Å²) in [5.74, 6) is -1.09. The first-order valence-corrected chi connectivity index (χ1v) is 10.3. The Labute approximate surface area is 199 Å². The average molecular weight is 472 g/mol. The number of hydrogen-bond donors (Lipinski definition) is 1. The second-order valence-corrected chi connectivity index (χ2v) is 9.50. The Morgan fingerprint density at radius 3 is 2.36 bits per heavy atom. The maximum atomic E-state index is 12.7. The zero-order valence-corrected chi connectivity index (χ0v) is 17.7. The van der Waals surface area contributed by atoms with Gasteiger partial charge in [-0.1, -0.05) is 37.0 Å². The number of carboxylic acids is 1. The van der Waals surface area contributed by atoms with Crippen molar-refractivity contribution in [3.8, 4) is 0 Å². The SMILES string of the molecule is CC(C)Cn1c(=O)n(C)c(=O)c2c(C(=O)O)c(Cc3sc(Cl)nc3Cl)sc21.[NaH]. The molecular formula is C16H16Cl2N3NaO4S2. The fourth-order valence-electron chi connectivity index (χ4n) is 2.81. The van der Waals surface area contributed by atoms with Gasteiger partial charge in [-0.3, -0.25) is 13.9 Å². The third kappa shape index (κ3) is 4.26. The monoisotopic (exact) mass is 471 g/mol. The van der Waals surface area contributed by atoms with Gasteiger partial charge in [0.25, 0.3) is 5.56 Å². The maximum absolute atomic E-state index is 12.7. The molecule has 3 aromatic heterocycles. The van der Waals surface area contributed by atoms with Gasteiger partial charge >= 0.3 is 41.2 Å². The van der Waals surface area contributed by atoms with Gasteiger partial charge in [-0.15, -0.1) is 22.7 Å². The Kier molecular flexibility index (Phi) is 7.58. The number of aromatic nitrogens is 3. The standard InChI is InChI=1S/C16H15Cl2N3O4S2.Na.H/c1-6(2)5-21-13-10(12(22)20(3)16(21)25)9(14(23)24)7(26-13)4-8-11(17)19-15(18)27-8;;/h6H,4-5H2,1-3H3,(H,23,24);;. The summed E-state index contributed by atoms with van der Waals surface area (Å²) in [5, 5.41) is 10.0. The molecule has 0 saturated carbocycles. The van der Waals surface area contributed by atoms with Crippen molar-refractivity contribution in [1.82, 2.24) is 14.1 Å². The third-order valence-corrected chi connectivity index (χ3v) is 6.75. The van der Waals surface area contributed by atoms with E-state index in [-0.39, 0.29) is 62.5 Å². The van der Waals surface area contributed by atoms with Crippen LogP contribution in [0.15, 0.2) is 9.59 Å². The number of aromatic carboxylic acids is 1. The second-order valence-electron chi connectivity index (χ2n) is 6.39. The summed E-state index contributed by atoms with van der Waals surface area (Å²) in [7, 11) is 1.35. The predicted molar refractivity (Wildman–Crippen MR) is 115 cm³/mol. The minimum atomic E-state index is -1.23. The van der Waals surface area contributed by atoms with Gasteiger partial charge in [-0.25, -0.2) is 14.6 Å². The first kappa shape index (κ1) is 23.6. The molecule has 0 saturated heterocycles. The molecule has 0 spiro atoms. The van der Waals surface area contributed by atoms with Crippen LogP contribution in [-0.2, 0) is 20.0 Å². The molecule has 12 heteroatoms. The van der Waals surface area contributed by atoms with Crippen LogP contribution in [0, 0.1) is 5.92 Å². The number of halogens is 2. The molecule has 3 aromatic rings. The molecular weight excluding hydrogens is 456 g/mol. The number of nitrogens with zero attached hydrogens (tertiary/aromatic N) is 3. The van der Waals surface area contributed by atoms with Gasteiger partial charge in [0, 0.05) is 24.9 Å². The fraction of sp³-hybridized carbons (Fsp3) is 0.375. The summed E-state index contributed by atoms with van der Waals surface area (Å²) < 4.78 is 2.66. The van der Waals surface area contributed by atoms with Gasteiger partial charge in [0.1, 0.15) is 9.98 Å². The van der Waals surface area contributed by atoms with Crippen LogP contribution in [0.2, 0.25) is 9.62 Å². The third-order valence-electron chi connectivity index (χ3n) is 3.95. The quantitative estimate of drug-likeness (QED) is 0.577. The predicted octanol–water partition coefficient (Wildman–Crippen LogP) is 2.82. The number of rotatable bonds is 5. The number of thiophene rings is 1. The molecule has 0 aliphatic heterocycles. The van der Waals surface area contributed by atoms with Crippen molar-refractivity contribution in [2.24, 2.45) is 13.0 Å². The van der Waals surface area contributed by atoms with Crippen molar-refractivity contribution in [3.63, 3.8) is 0 Å². The summed E-state index contributed by atoms with van der Waals surface area (Å²) in [4.78, 5) is 42.5. The van der Waals surface area contributed by atoms with Crippen LogP contribution in [0.25, 0.3) is 10.2 Å². The van der Waals surface area contributed by atoms with Gasteiger partial charge in [0.2, 0.25) is 0 Å². The Bertz CT molecular complexity index is 1180. The van der Waals surface area contributed by atoms with E-state index in [2.05, 4.69) is 4.98 Å². The van der Waals surface area contributed by atoms with E-state index in [9.17, 15) is 19.5 Å². The molecule has 146 valence electrons. The molecule has 0 aromatic carbocycles. The van der Waals surface area contributed by atoms with Crippen LogP contribution >= 0.6 is 45.9 Å². The molecule has 0 unspecified atom stereocenters. The summed E-state index contributed by atoms with van der Waals surface area (Å²) >= 11 is 14.2. The van der Waals surface area contributed by atoms with E-state index in [0.29, 0.717) is 21.1 Å². The van der Waals surface area contributed by atoms with E-state index in [1.165, 1.54) is 11.6 Å². The summed E-state index contributed by atoms with van der Waals surface area (Å²) in [6.45, 7) is 4.25. The number of thiazole rings is 1. The van der Waals surface area contributed by atoms with Crippen LogP contribution in [0.5, 0.6) is 0 Å². The van der Waals surface area contributed by atoms with E-state index >= 15 is 0 Å². The summed E-state index contributed by atoms with van der Waals surface area (Å²) in [5.41, 5.74) is -1.19. The molecule has 0 atom stereocenters. The molecule has 1 N–H and O–H groups in total. The van der Waals surface area contributed by atoms with E-state index in [1.54, 1.807) is 0 Å². The van der Waals surface area contributed by atoms with Crippen LogP contribution in [0.3, 0.4) is 0 Å². The molecule has 0 bridgehead atoms. The fourth-order valence-corrected chi connectivity index (χ4v) is 5.61. The van der Waals surface area contributed by atoms with Crippen LogP contribution in [-0.4, -0.2) is 54.8 Å². The van der Waals surface area contributed by atoms with Gasteiger partial charge in [0.05, 0.1) is 15.8 Å². The average Bonchev–Trinajstić information content (AvgIpc) is 3.09. The van der Waals surface area contributed by atoms with E-state index in [1.807, 2.05) is 13.8 Å². The van der Waals surface area contributed by atoms with E-state index in [4.69, 9.17) is 23.2 Å². The molecule has 0 amide bonds. The summed E-state index contributed by atoms with van der Waals surface area (Å²) in [6.07, 6.45) is 0.170. The van der Waals surface area contributed by atoms with Crippen LogP contribution in [0.1, 0.15) is 34.0 Å². The number of carbonyl (C=O) groups is 1. The number of fused-ring (bicyclic) bond motifs is 1. The van der Waals surface area contributed by atoms with E-state index in [0.717, 1.165) is 27.2 Å². The summed E-state index contributed by atoms with van der Waals surface area (Å²) in [6, 6.07) is 0. The van der Waals surface area contributed by atoms with Gasteiger partial charge in [-0.2, -0.15) is 0 Å². The topological polar surface area (TPSA) is 94.2 Å². The van der Waals surface area contributed by atoms with Crippen molar-refractivity contribution in [2.45, 2.75) is 26.8 Å². The minimum absolute atomic E-state index is 0. The molecule has 7 nitrogen and oxygen atoms in total. The van der Waals surface area contributed by atoms with Gasteiger partial charge in [0.15, 0.2) is 4.47 Å². The van der Waals surface area contributed by atoms with Crippen LogP contribution < -0.4 is 11.2 Å². The molecule has 0 radical (unpaired) electrons. The Morgan fingerprint density at radius 2 is 1.86 bits per heavy atom.